The summed E-state index contributed by atoms with van der Waals surface area (Å²) >= 11 is 0. The molecular formula is C23H30N2O. The van der Waals surface area contributed by atoms with Crippen LogP contribution in [0.2, 0.25) is 0 Å². The molecule has 0 bridgehead atoms. The van der Waals surface area contributed by atoms with E-state index in [-0.39, 0.29) is 11.7 Å². The summed E-state index contributed by atoms with van der Waals surface area (Å²) in [4.78, 5) is 15.3. The van der Waals surface area contributed by atoms with Crippen molar-refractivity contribution in [1.82, 2.24) is 4.90 Å². The average molecular weight is 351 g/mol. The van der Waals surface area contributed by atoms with Gasteiger partial charge >= 0.3 is 0 Å². The lowest BCUT2D eigenvalue weighted by Crippen LogP contribution is -2.39. The second-order valence-corrected chi connectivity index (χ2v) is 6.79. The van der Waals surface area contributed by atoms with Crippen molar-refractivity contribution in [2.24, 2.45) is 5.92 Å². The molecule has 26 heavy (non-hydrogen) atoms. The van der Waals surface area contributed by atoms with Gasteiger partial charge in [0.25, 0.3) is 0 Å². The van der Waals surface area contributed by atoms with Gasteiger partial charge < -0.3 is 4.90 Å². The fourth-order valence-electron chi connectivity index (χ4n) is 3.78. The molecule has 0 N–H and O–H groups in total. The number of Topliss-reactive ketones (excluding diaryl/α,β-unsaturated/α-hetero) is 1. The van der Waals surface area contributed by atoms with Crippen molar-refractivity contribution in [3.8, 4) is 6.07 Å². The predicted molar refractivity (Wildman–Crippen MR) is 109 cm³/mol. The molecule has 1 saturated heterocycles. The van der Waals surface area contributed by atoms with Gasteiger partial charge in [-0.2, -0.15) is 5.26 Å². The molecule has 1 heterocycles. The number of hydrogen-bond acceptors (Lipinski definition) is 3. The quantitative estimate of drug-likeness (QED) is 0.698. The van der Waals surface area contributed by atoms with Gasteiger partial charge in [0.1, 0.15) is 0 Å². The van der Waals surface area contributed by atoms with Crippen LogP contribution in [0.25, 0.3) is 10.8 Å². The molecular weight excluding hydrogens is 320 g/mol. The van der Waals surface area contributed by atoms with E-state index in [4.69, 9.17) is 5.26 Å². The summed E-state index contributed by atoms with van der Waals surface area (Å²) in [7, 11) is 0. The lowest BCUT2D eigenvalue weighted by atomic mass is 9.88. The largest absolute Gasteiger partial charge is 0.303 e. The van der Waals surface area contributed by atoms with E-state index in [2.05, 4.69) is 17.9 Å². The van der Waals surface area contributed by atoms with Crippen molar-refractivity contribution < 1.29 is 4.79 Å². The maximum atomic E-state index is 12.9. The summed E-state index contributed by atoms with van der Waals surface area (Å²) in [5.74, 6) is 0.377. The van der Waals surface area contributed by atoms with Crippen LogP contribution in [0.15, 0.2) is 30.3 Å². The topological polar surface area (TPSA) is 44.1 Å². The molecule has 0 spiro atoms. The Hall–Kier alpha value is -2.18. The van der Waals surface area contributed by atoms with Crippen LogP contribution in [0.5, 0.6) is 0 Å². The first-order chi connectivity index (χ1) is 12.6. The molecule has 1 unspecified atom stereocenters. The zero-order valence-corrected chi connectivity index (χ0v) is 16.5. The van der Waals surface area contributed by atoms with Gasteiger partial charge in [0.15, 0.2) is 5.78 Å². The molecule has 0 saturated carbocycles. The molecule has 2 aromatic rings. The van der Waals surface area contributed by atoms with Gasteiger partial charge in [0.2, 0.25) is 0 Å². The van der Waals surface area contributed by atoms with Crippen LogP contribution in [-0.2, 0) is 0 Å². The number of benzene rings is 2. The van der Waals surface area contributed by atoms with E-state index in [1.54, 1.807) is 0 Å². The maximum Gasteiger partial charge on any atom is 0.167 e. The number of nitriles is 1. The summed E-state index contributed by atoms with van der Waals surface area (Å²) in [5.41, 5.74) is 2.49. The van der Waals surface area contributed by atoms with E-state index >= 15 is 0 Å². The molecule has 3 heteroatoms. The van der Waals surface area contributed by atoms with Gasteiger partial charge in [0.05, 0.1) is 11.6 Å². The van der Waals surface area contributed by atoms with Crippen LogP contribution >= 0.6 is 0 Å². The van der Waals surface area contributed by atoms with Crippen molar-refractivity contribution in [3.63, 3.8) is 0 Å². The summed E-state index contributed by atoms with van der Waals surface area (Å²) in [5, 5.41) is 11.2. The molecule has 0 aromatic heterocycles. The number of rotatable bonds is 4. The molecule has 1 fully saturated rings. The van der Waals surface area contributed by atoms with Crippen molar-refractivity contribution in [3.05, 3.63) is 47.0 Å². The van der Waals surface area contributed by atoms with Gasteiger partial charge in [-0.05, 0) is 67.7 Å². The molecule has 138 valence electrons. The Morgan fingerprint density at radius 1 is 1.27 bits per heavy atom. The Morgan fingerprint density at radius 3 is 2.73 bits per heavy atom. The first-order valence-electron chi connectivity index (χ1n) is 9.84. The highest BCUT2D eigenvalue weighted by Crippen LogP contribution is 2.26. The number of likely N-dealkylation sites (tertiary alicyclic amines) is 1. The minimum absolute atomic E-state index is 0.113. The third-order valence-corrected chi connectivity index (χ3v) is 5.11. The second-order valence-electron chi connectivity index (χ2n) is 6.79. The van der Waals surface area contributed by atoms with Crippen LogP contribution in [0.1, 0.15) is 61.5 Å². The Bertz CT molecular complexity index is 802. The lowest BCUT2D eigenvalue weighted by Gasteiger charge is -2.31. The van der Waals surface area contributed by atoms with Gasteiger partial charge in [-0.3, -0.25) is 4.79 Å². The Labute approximate surface area is 157 Å². The minimum Gasteiger partial charge on any atom is -0.303 e. The van der Waals surface area contributed by atoms with Crippen LogP contribution in [-0.4, -0.2) is 30.3 Å². The molecule has 0 amide bonds. The van der Waals surface area contributed by atoms with Crippen LogP contribution in [0, 0.1) is 24.2 Å². The summed E-state index contributed by atoms with van der Waals surface area (Å²) in [6, 6.07) is 11.9. The van der Waals surface area contributed by atoms with Crippen molar-refractivity contribution in [2.75, 3.05) is 19.6 Å². The minimum atomic E-state index is 0.113. The zero-order chi connectivity index (χ0) is 19.1. The molecule has 1 atom stereocenters. The molecule has 1 aliphatic rings. The number of fused-ring (bicyclic) bond motifs is 1. The number of carbonyl (C=O) groups is 1. The normalized spacial score (nSPS) is 17.3. The monoisotopic (exact) mass is 350 g/mol. The zero-order valence-electron chi connectivity index (χ0n) is 16.5. The number of piperidine rings is 1. The van der Waals surface area contributed by atoms with E-state index in [9.17, 15) is 4.79 Å². The fourth-order valence-corrected chi connectivity index (χ4v) is 3.78. The SMILES string of the molecule is CC.CCCN1CCCC(C(=O)c2ccc3c(C)c(C#N)ccc3c2)C1. The Balaban J connectivity index is 0.00000117. The van der Waals surface area contributed by atoms with Crippen molar-refractivity contribution >= 4 is 16.6 Å². The average Bonchev–Trinajstić information content (AvgIpc) is 2.69. The highest BCUT2D eigenvalue weighted by Gasteiger charge is 2.26. The van der Waals surface area contributed by atoms with E-state index in [1.807, 2.05) is 51.1 Å². The number of ketones is 1. The third-order valence-electron chi connectivity index (χ3n) is 5.11. The number of carbonyl (C=O) groups excluding carboxylic acids is 1. The fraction of sp³-hybridized carbons (Fsp3) is 0.478. The summed E-state index contributed by atoms with van der Waals surface area (Å²) in [6.07, 6.45) is 3.23. The smallest absolute Gasteiger partial charge is 0.167 e. The van der Waals surface area contributed by atoms with Crippen LogP contribution in [0.3, 0.4) is 0 Å². The lowest BCUT2D eigenvalue weighted by molar-refractivity contribution is 0.0820. The molecule has 0 radical (unpaired) electrons. The van der Waals surface area contributed by atoms with E-state index in [0.717, 1.165) is 60.8 Å². The van der Waals surface area contributed by atoms with E-state index < -0.39 is 0 Å². The molecule has 3 rings (SSSR count). The molecule has 1 aliphatic heterocycles. The highest BCUT2D eigenvalue weighted by atomic mass is 16.1. The first-order valence-corrected chi connectivity index (χ1v) is 9.84. The van der Waals surface area contributed by atoms with Crippen molar-refractivity contribution in [1.29, 1.82) is 5.26 Å². The van der Waals surface area contributed by atoms with E-state index in [1.165, 1.54) is 0 Å². The van der Waals surface area contributed by atoms with E-state index in [0.29, 0.717) is 5.56 Å². The standard InChI is InChI=1S/C21H24N2O.C2H6/c1-3-10-23-11-4-5-19(14-23)21(24)17-8-9-20-15(2)18(13-22)7-6-16(20)12-17;1-2/h6-9,12,19H,3-5,10-11,14H2,1-2H3;1-2H3. The van der Waals surface area contributed by atoms with Gasteiger partial charge in [-0.1, -0.05) is 39.0 Å². The Kier molecular flexibility index (Phi) is 7.36. The maximum absolute atomic E-state index is 12.9. The molecule has 0 aliphatic carbocycles. The number of nitrogens with zero attached hydrogens (tertiary/aromatic N) is 2. The summed E-state index contributed by atoms with van der Waals surface area (Å²) < 4.78 is 0. The van der Waals surface area contributed by atoms with Crippen molar-refractivity contribution in [2.45, 2.75) is 47.0 Å². The highest BCUT2D eigenvalue weighted by molar-refractivity contribution is 6.02. The second kappa shape index (κ2) is 9.50. The third kappa shape index (κ3) is 4.31. The molecule has 2 aromatic carbocycles. The number of hydrogen-bond donors (Lipinski definition) is 0. The van der Waals surface area contributed by atoms with Gasteiger partial charge in [0, 0.05) is 18.0 Å². The van der Waals surface area contributed by atoms with Gasteiger partial charge in [-0.15, -0.1) is 0 Å². The van der Waals surface area contributed by atoms with Crippen LogP contribution in [0.4, 0.5) is 0 Å². The Morgan fingerprint density at radius 2 is 2.04 bits per heavy atom. The number of aryl methyl sites for hydroxylation is 1. The summed E-state index contributed by atoms with van der Waals surface area (Å²) in [6.45, 7) is 11.2. The first kappa shape index (κ1) is 20.1. The van der Waals surface area contributed by atoms with Gasteiger partial charge in [-0.25, -0.2) is 0 Å². The van der Waals surface area contributed by atoms with Crippen LogP contribution < -0.4 is 0 Å². The molecule has 3 nitrogen and oxygen atoms in total. The predicted octanol–water partition coefficient (Wildman–Crippen LogP) is 5.35.